The molecule has 1 atom stereocenters. The smallest absolute Gasteiger partial charge is 0.171 e. The molecule has 6 heteroatoms. The van der Waals surface area contributed by atoms with Crippen LogP contribution in [0.4, 0.5) is 11.4 Å². The quantitative estimate of drug-likeness (QED) is 0.548. The SMILES string of the molecule is COc1ccc(NC(=S)N[C@H](C)c2ccc(N3CCCCC3)cc2)c2cccnc12. The molecule has 5 nitrogen and oxygen atoms in total. The normalized spacial score (nSPS) is 14.9. The number of benzene rings is 2. The molecule has 3 aromatic rings. The Kier molecular flexibility index (Phi) is 6.33. The van der Waals surface area contributed by atoms with E-state index in [9.17, 15) is 0 Å². The number of nitrogens with zero attached hydrogens (tertiary/aromatic N) is 2. The summed E-state index contributed by atoms with van der Waals surface area (Å²) in [5.41, 5.74) is 4.24. The molecule has 30 heavy (non-hydrogen) atoms. The molecule has 0 spiro atoms. The molecule has 0 unspecified atom stereocenters. The highest BCUT2D eigenvalue weighted by molar-refractivity contribution is 7.80. The van der Waals surface area contributed by atoms with Crippen molar-refractivity contribution in [2.75, 3.05) is 30.4 Å². The van der Waals surface area contributed by atoms with Crippen LogP contribution in [0.2, 0.25) is 0 Å². The third kappa shape index (κ3) is 4.49. The number of methoxy groups -OCH3 is 1. The molecule has 1 aliphatic rings. The van der Waals surface area contributed by atoms with Gasteiger partial charge in [-0.3, -0.25) is 4.98 Å². The minimum atomic E-state index is 0.100. The third-order valence-corrected chi connectivity index (χ3v) is 5.88. The van der Waals surface area contributed by atoms with Gasteiger partial charge in [0.25, 0.3) is 0 Å². The van der Waals surface area contributed by atoms with Crippen LogP contribution >= 0.6 is 12.2 Å². The molecule has 2 N–H and O–H groups in total. The van der Waals surface area contributed by atoms with Gasteiger partial charge in [-0.05, 0) is 80.4 Å². The van der Waals surface area contributed by atoms with Crippen molar-refractivity contribution in [1.29, 1.82) is 0 Å². The minimum absolute atomic E-state index is 0.100. The number of rotatable bonds is 5. The number of hydrogen-bond acceptors (Lipinski definition) is 4. The summed E-state index contributed by atoms with van der Waals surface area (Å²) in [4.78, 5) is 6.92. The van der Waals surface area contributed by atoms with Crippen LogP contribution in [-0.2, 0) is 0 Å². The highest BCUT2D eigenvalue weighted by atomic mass is 32.1. The number of pyridine rings is 1. The Balaban J connectivity index is 1.42. The van der Waals surface area contributed by atoms with Crippen LogP contribution < -0.4 is 20.3 Å². The van der Waals surface area contributed by atoms with Crippen LogP contribution in [0.3, 0.4) is 0 Å². The molecular weight excluding hydrogens is 392 g/mol. The fourth-order valence-electron chi connectivity index (χ4n) is 3.98. The molecule has 0 bridgehead atoms. The van der Waals surface area contributed by atoms with Crippen LogP contribution in [0.1, 0.15) is 37.8 Å². The molecule has 0 aliphatic carbocycles. The lowest BCUT2D eigenvalue weighted by Crippen LogP contribution is -2.31. The van der Waals surface area contributed by atoms with E-state index >= 15 is 0 Å². The van der Waals surface area contributed by atoms with Gasteiger partial charge in [-0.25, -0.2) is 0 Å². The van der Waals surface area contributed by atoms with E-state index in [4.69, 9.17) is 17.0 Å². The van der Waals surface area contributed by atoms with E-state index in [1.54, 1.807) is 13.3 Å². The second-order valence-corrected chi connectivity index (χ2v) is 8.08. The monoisotopic (exact) mass is 420 g/mol. The molecular formula is C24H28N4OS. The zero-order chi connectivity index (χ0) is 20.9. The van der Waals surface area contributed by atoms with Crippen molar-refractivity contribution in [3.8, 4) is 5.75 Å². The number of fused-ring (bicyclic) bond motifs is 1. The van der Waals surface area contributed by atoms with Crippen LogP contribution in [0, 0.1) is 0 Å². The molecule has 1 aromatic heterocycles. The summed E-state index contributed by atoms with van der Waals surface area (Å²) >= 11 is 5.58. The summed E-state index contributed by atoms with van der Waals surface area (Å²) in [6, 6.07) is 16.7. The van der Waals surface area contributed by atoms with Gasteiger partial charge in [0.05, 0.1) is 13.2 Å². The highest BCUT2D eigenvalue weighted by Crippen LogP contribution is 2.30. The summed E-state index contributed by atoms with van der Waals surface area (Å²) in [6.45, 7) is 4.44. The maximum absolute atomic E-state index is 5.58. The summed E-state index contributed by atoms with van der Waals surface area (Å²) < 4.78 is 5.42. The Morgan fingerprint density at radius 2 is 1.83 bits per heavy atom. The van der Waals surface area contributed by atoms with E-state index in [1.807, 2.05) is 24.3 Å². The van der Waals surface area contributed by atoms with Gasteiger partial charge in [0.2, 0.25) is 0 Å². The van der Waals surface area contributed by atoms with Gasteiger partial charge in [-0.15, -0.1) is 0 Å². The first kappa shape index (κ1) is 20.4. The molecule has 4 rings (SSSR count). The summed E-state index contributed by atoms with van der Waals surface area (Å²) in [7, 11) is 1.65. The summed E-state index contributed by atoms with van der Waals surface area (Å²) in [5.74, 6) is 0.747. The van der Waals surface area contributed by atoms with Gasteiger partial charge in [0.15, 0.2) is 5.11 Å². The van der Waals surface area contributed by atoms with Gasteiger partial charge in [0.1, 0.15) is 11.3 Å². The van der Waals surface area contributed by atoms with E-state index in [0.29, 0.717) is 5.11 Å². The van der Waals surface area contributed by atoms with Crippen molar-refractivity contribution >= 4 is 39.6 Å². The van der Waals surface area contributed by atoms with E-state index in [0.717, 1.165) is 35.4 Å². The van der Waals surface area contributed by atoms with Crippen molar-refractivity contribution in [2.45, 2.75) is 32.2 Å². The van der Waals surface area contributed by atoms with E-state index in [2.05, 4.69) is 51.7 Å². The van der Waals surface area contributed by atoms with Crippen LogP contribution in [0.15, 0.2) is 54.7 Å². The standard InChI is InChI=1S/C24H28N4OS/c1-17(18-8-10-19(11-9-18)28-15-4-3-5-16-28)26-24(30)27-21-12-13-22(29-2)23-20(21)7-6-14-25-23/h6-14,17H,3-5,15-16H2,1-2H3,(H2,26,27,30)/t17-/m1/s1. The molecule has 156 valence electrons. The van der Waals surface area contributed by atoms with Crippen LogP contribution in [0.25, 0.3) is 10.9 Å². The van der Waals surface area contributed by atoms with Crippen molar-refractivity contribution in [2.24, 2.45) is 0 Å². The molecule has 1 fully saturated rings. The maximum atomic E-state index is 5.58. The van der Waals surface area contributed by atoms with Gasteiger partial charge in [0, 0.05) is 36.0 Å². The topological polar surface area (TPSA) is 49.4 Å². The number of nitrogens with one attached hydrogen (secondary N) is 2. The molecule has 1 saturated heterocycles. The highest BCUT2D eigenvalue weighted by Gasteiger charge is 2.13. The third-order valence-electron chi connectivity index (χ3n) is 5.66. The molecule has 2 heterocycles. The maximum Gasteiger partial charge on any atom is 0.171 e. The average molecular weight is 421 g/mol. The molecule has 0 saturated carbocycles. The fourth-order valence-corrected chi connectivity index (χ4v) is 4.27. The zero-order valence-electron chi connectivity index (χ0n) is 17.5. The Morgan fingerprint density at radius 3 is 2.57 bits per heavy atom. The van der Waals surface area contributed by atoms with Crippen molar-refractivity contribution in [1.82, 2.24) is 10.3 Å². The summed E-state index contributed by atoms with van der Waals surface area (Å²) in [6.07, 6.45) is 5.69. The first-order valence-corrected chi connectivity index (χ1v) is 10.9. The first-order chi connectivity index (χ1) is 14.7. The Morgan fingerprint density at radius 1 is 1.07 bits per heavy atom. The number of hydrogen-bond donors (Lipinski definition) is 2. The largest absolute Gasteiger partial charge is 0.494 e. The first-order valence-electron chi connectivity index (χ1n) is 10.5. The lowest BCUT2D eigenvalue weighted by molar-refractivity contribution is 0.419. The van der Waals surface area contributed by atoms with Gasteiger partial charge < -0.3 is 20.3 Å². The molecule has 0 radical (unpaired) electrons. The number of ether oxygens (including phenoxy) is 1. The van der Waals surface area contributed by atoms with Crippen molar-refractivity contribution < 1.29 is 4.74 Å². The number of anilines is 2. The Hall–Kier alpha value is -2.86. The predicted octanol–water partition coefficient (Wildman–Crippen LogP) is 5.28. The Labute approximate surface area is 183 Å². The minimum Gasteiger partial charge on any atom is -0.494 e. The summed E-state index contributed by atoms with van der Waals surface area (Å²) in [5, 5.41) is 8.26. The molecule has 2 aromatic carbocycles. The second-order valence-electron chi connectivity index (χ2n) is 7.67. The van der Waals surface area contributed by atoms with E-state index < -0.39 is 0 Å². The van der Waals surface area contributed by atoms with Gasteiger partial charge in [-0.2, -0.15) is 0 Å². The van der Waals surface area contributed by atoms with Gasteiger partial charge in [-0.1, -0.05) is 12.1 Å². The Bertz CT molecular complexity index is 1020. The van der Waals surface area contributed by atoms with Crippen LogP contribution in [-0.4, -0.2) is 30.3 Å². The average Bonchev–Trinajstić information content (AvgIpc) is 2.80. The molecule has 1 aliphatic heterocycles. The number of piperidine rings is 1. The fraction of sp³-hybridized carbons (Fsp3) is 0.333. The van der Waals surface area contributed by atoms with Gasteiger partial charge >= 0.3 is 0 Å². The number of thiocarbonyl (C=S) groups is 1. The molecule has 0 amide bonds. The second kappa shape index (κ2) is 9.30. The predicted molar refractivity (Wildman–Crippen MR) is 129 cm³/mol. The lowest BCUT2D eigenvalue weighted by atomic mass is 10.1. The van der Waals surface area contributed by atoms with E-state index in [1.165, 1.54) is 30.5 Å². The van der Waals surface area contributed by atoms with Crippen molar-refractivity contribution in [3.05, 3.63) is 60.3 Å². The van der Waals surface area contributed by atoms with Crippen LogP contribution in [0.5, 0.6) is 5.75 Å². The number of aromatic nitrogens is 1. The van der Waals surface area contributed by atoms with E-state index in [-0.39, 0.29) is 6.04 Å². The van der Waals surface area contributed by atoms with Crippen molar-refractivity contribution in [3.63, 3.8) is 0 Å². The zero-order valence-corrected chi connectivity index (χ0v) is 18.3. The lowest BCUT2D eigenvalue weighted by Gasteiger charge is -2.29.